The highest BCUT2D eigenvalue weighted by atomic mass is 16.5. The van der Waals surface area contributed by atoms with Crippen LogP contribution >= 0.6 is 0 Å². The molecule has 4 N–H and O–H groups in total. The average Bonchev–Trinajstić information content (AvgIpc) is 3.08. The number of esters is 1. The molecule has 284 valence electrons. The van der Waals surface area contributed by atoms with E-state index in [1.54, 1.807) is 0 Å². The molecular formula is C42H76N2O5. The number of carbonyl (C=O) groups is 3. The number of ether oxygens (including phenoxy) is 1. The normalized spacial score (nSPS) is 13.0. The first-order chi connectivity index (χ1) is 23.9. The van der Waals surface area contributed by atoms with Crippen LogP contribution in [0.2, 0.25) is 0 Å². The molecule has 0 bridgehead atoms. The second kappa shape index (κ2) is 36.9. The van der Waals surface area contributed by atoms with Crippen molar-refractivity contribution in [2.45, 2.75) is 206 Å². The molecule has 0 spiro atoms. The van der Waals surface area contributed by atoms with Gasteiger partial charge in [0, 0.05) is 12.8 Å². The Hall–Kier alpha value is -2.41. The molecule has 0 aromatic heterocycles. The zero-order valence-corrected chi connectivity index (χ0v) is 31.8. The summed E-state index contributed by atoms with van der Waals surface area (Å²) in [5.74, 6) is -1.34. The summed E-state index contributed by atoms with van der Waals surface area (Å²) >= 11 is 0. The monoisotopic (exact) mass is 689 g/mol. The van der Waals surface area contributed by atoms with Gasteiger partial charge in [-0.2, -0.15) is 0 Å². The number of carboxylic acid groups (broad SMARTS) is 1. The first-order valence-corrected chi connectivity index (χ1v) is 20.3. The average molecular weight is 689 g/mol. The summed E-state index contributed by atoms with van der Waals surface area (Å²) in [7, 11) is 0. The molecule has 0 heterocycles. The number of hydrogen-bond donors (Lipinski definition) is 3. The molecule has 2 atom stereocenters. The van der Waals surface area contributed by atoms with Crippen LogP contribution in [0.3, 0.4) is 0 Å². The predicted octanol–water partition coefficient (Wildman–Crippen LogP) is 11.1. The molecule has 7 heteroatoms. The lowest BCUT2D eigenvalue weighted by molar-refractivity contribution is -0.147. The Morgan fingerprint density at radius 3 is 1.71 bits per heavy atom. The molecule has 0 aromatic rings. The third-order valence-electron chi connectivity index (χ3n) is 8.91. The molecule has 7 nitrogen and oxygen atoms in total. The van der Waals surface area contributed by atoms with Crippen LogP contribution in [0.15, 0.2) is 36.5 Å². The van der Waals surface area contributed by atoms with E-state index in [0.717, 1.165) is 64.2 Å². The van der Waals surface area contributed by atoms with Crippen molar-refractivity contribution in [3.8, 4) is 0 Å². The van der Waals surface area contributed by atoms with Crippen LogP contribution in [-0.2, 0) is 19.1 Å². The third-order valence-corrected chi connectivity index (χ3v) is 8.91. The topological polar surface area (TPSA) is 119 Å². The Kier molecular flexibility index (Phi) is 35.0. The Labute approximate surface area is 301 Å². The van der Waals surface area contributed by atoms with Gasteiger partial charge < -0.3 is 20.9 Å². The van der Waals surface area contributed by atoms with Crippen LogP contribution in [0.1, 0.15) is 194 Å². The third kappa shape index (κ3) is 33.8. The number of allylic oxidation sites excluding steroid dienone is 5. The Morgan fingerprint density at radius 2 is 1.12 bits per heavy atom. The zero-order valence-electron chi connectivity index (χ0n) is 31.8. The van der Waals surface area contributed by atoms with Crippen molar-refractivity contribution >= 4 is 17.8 Å². The van der Waals surface area contributed by atoms with E-state index in [4.69, 9.17) is 10.5 Å². The summed E-state index contributed by atoms with van der Waals surface area (Å²) < 4.78 is 5.91. The highest BCUT2D eigenvalue weighted by Crippen LogP contribution is 2.15. The van der Waals surface area contributed by atoms with Gasteiger partial charge in [0.2, 0.25) is 5.91 Å². The summed E-state index contributed by atoms with van der Waals surface area (Å²) in [6.07, 6.45) is 42.0. The number of amides is 1. The molecule has 49 heavy (non-hydrogen) atoms. The van der Waals surface area contributed by atoms with E-state index in [2.05, 4.69) is 55.6 Å². The molecule has 0 radical (unpaired) electrons. The first-order valence-electron chi connectivity index (χ1n) is 20.3. The van der Waals surface area contributed by atoms with Gasteiger partial charge in [0.15, 0.2) is 0 Å². The van der Waals surface area contributed by atoms with E-state index in [1.807, 2.05) is 0 Å². The van der Waals surface area contributed by atoms with Gasteiger partial charge in [-0.3, -0.25) is 9.59 Å². The number of carbonyl (C=O) groups excluding carboxylic acids is 2. The quantitative estimate of drug-likeness (QED) is 0.0342. The molecule has 2 unspecified atom stereocenters. The molecule has 0 aliphatic carbocycles. The highest BCUT2D eigenvalue weighted by molar-refractivity contribution is 5.83. The fourth-order valence-corrected chi connectivity index (χ4v) is 5.80. The molecule has 0 aromatic carbocycles. The van der Waals surface area contributed by atoms with Gasteiger partial charge in [0.1, 0.15) is 12.1 Å². The van der Waals surface area contributed by atoms with Crippen molar-refractivity contribution in [3.05, 3.63) is 36.5 Å². The van der Waals surface area contributed by atoms with Gasteiger partial charge in [-0.15, -0.1) is 0 Å². The number of rotatable bonds is 36. The van der Waals surface area contributed by atoms with Crippen LogP contribution in [-0.4, -0.2) is 41.6 Å². The molecule has 0 fully saturated rings. The fraction of sp³-hybridized carbons (Fsp3) is 0.786. The Bertz CT molecular complexity index is 869. The van der Waals surface area contributed by atoms with Crippen molar-refractivity contribution < 1.29 is 24.2 Å². The van der Waals surface area contributed by atoms with Gasteiger partial charge in [-0.05, 0) is 96.1 Å². The van der Waals surface area contributed by atoms with Crippen molar-refractivity contribution in [2.24, 2.45) is 5.73 Å². The van der Waals surface area contributed by atoms with E-state index in [9.17, 15) is 19.5 Å². The van der Waals surface area contributed by atoms with Crippen LogP contribution in [0, 0.1) is 0 Å². The summed E-state index contributed by atoms with van der Waals surface area (Å²) in [4.78, 5) is 36.2. The van der Waals surface area contributed by atoms with Gasteiger partial charge in [0.25, 0.3) is 0 Å². The lowest BCUT2D eigenvalue weighted by atomic mass is 10.1. The van der Waals surface area contributed by atoms with Crippen molar-refractivity contribution in [3.63, 3.8) is 0 Å². The smallest absolute Gasteiger partial charge is 0.326 e. The van der Waals surface area contributed by atoms with Gasteiger partial charge in [-0.1, -0.05) is 128 Å². The van der Waals surface area contributed by atoms with E-state index in [0.29, 0.717) is 38.6 Å². The summed E-state index contributed by atoms with van der Waals surface area (Å²) in [5.41, 5.74) is 5.47. The number of aliphatic carboxylic acids is 1. The van der Waals surface area contributed by atoms with Crippen molar-refractivity contribution in [2.75, 3.05) is 6.54 Å². The standard InChI is InChI=1S/C42H76N2O5/c1-3-5-7-9-11-13-14-15-16-17-18-19-20-22-24-30-36-41(46)49-38(32-27-23-21-12-10-8-6-4-2)33-28-25-26-29-35-40(45)44-39(42(47)48)34-31-37-43/h13-14,16-17,27,32,38-39H,3-12,15,18-26,28-31,33-37,43H2,1-2H3,(H,44,45)(H,47,48)/b14-13-,17-16-,32-27-. The number of nitrogens with two attached hydrogens (primary N) is 1. The summed E-state index contributed by atoms with van der Waals surface area (Å²) in [5, 5.41) is 11.9. The maximum absolute atomic E-state index is 12.7. The fourth-order valence-electron chi connectivity index (χ4n) is 5.80. The lowest BCUT2D eigenvalue weighted by Gasteiger charge is -2.15. The minimum atomic E-state index is -1.02. The second-order valence-corrected chi connectivity index (χ2v) is 13.7. The Morgan fingerprint density at radius 1 is 0.612 bits per heavy atom. The highest BCUT2D eigenvalue weighted by Gasteiger charge is 2.19. The molecule has 0 saturated heterocycles. The molecule has 0 saturated carbocycles. The zero-order chi connectivity index (χ0) is 36.0. The van der Waals surface area contributed by atoms with E-state index < -0.39 is 12.0 Å². The van der Waals surface area contributed by atoms with E-state index in [1.165, 1.54) is 83.5 Å². The molecule has 0 rings (SSSR count). The maximum Gasteiger partial charge on any atom is 0.326 e. The molecular weight excluding hydrogens is 612 g/mol. The van der Waals surface area contributed by atoms with E-state index >= 15 is 0 Å². The molecule has 0 aliphatic rings. The molecule has 1 amide bonds. The van der Waals surface area contributed by atoms with Gasteiger partial charge >= 0.3 is 11.9 Å². The van der Waals surface area contributed by atoms with Crippen molar-refractivity contribution in [1.82, 2.24) is 5.32 Å². The first kappa shape index (κ1) is 46.6. The van der Waals surface area contributed by atoms with Gasteiger partial charge in [0.05, 0.1) is 0 Å². The number of carboxylic acids is 1. The van der Waals surface area contributed by atoms with Crippen LogP contribution in [0.4, 0.5) is 0 Å². The largest absolute Gasteiger partial charge is 0.480 e. The minimum absolute atomic E-state index is 0.102. The van der Waals surface area contributed by atoms with Crippen LogP contribution in [0.5, 0.6) is 0 Å². The van der Waals surface area contributed by atoms with Gasteiger partial charge in [-0.25, -0.2) is 4.79 Å². The minimum Gasteiger partial charge on any atom is -0.480 e. The maximum atomic E-state index is 12.7. The number of hydrogen-bond acceptors (Lipinski definition) is 5. The number of unbranched alkanes of at least 4 members (excludes halogenated alkanes) is 18. The van der Waals surface area contributed by atoms with Crippen molar-refractivity contribution in [1.29, 1.82) is 0 Å². The SMILES string of the molecule is CCCCCC/C=C\C/C=C\CCCCCCCC(=O)OC(/C=C\CCCCCCCC)CCCCCCC(=O)NC(CCCN)C(=O)O. The number of nitrogens with one attached hydrogen (secondary N) is 1. The Balaban J connectivity index is 4.31. The van der Waals surface area contributed by atoms with Crippen LogP contribution in [0.25, 0.3) is 0 Å². The van der Waals surface area contributed by atoms with E-state index in [-0.39, 0.29) is 18.0 Å². The lowest BCUT2D eigenvalue weighted by Crippen LogP contribution is -2.40. The second-order valence-electron chi connectivity index (χ2n) is 13.7. The molecule has 0 aliphatic heterocycles. The van der Waals surface area contributed by atoms with Crippen LogP contribution < -0.4 is 11.1 Å². The predicted molar refractivity (Wildman–Crippen MR) is 207 cm³/mol. The summed E-state index contributed by atoms with van der Waals surface area (Å²) in [6.45, 7) is 4.89. The summed E-state index contributed by atoms with van der Waals surface area (Å²) in [6, 6.07) is -0.871.